The van der Waals surface area contributed by atoms with E-state index in [0.29, 0.717) is 19.4 Å². The van der Waals surface area contributed by atoms with Crippen LogP contribution in [-0.2, 0) is 14.3 Å². The number of hydrogen-bond acceptors (Lipinski definition) is 4. The van der Waals surface area contributed by atoms with Gasteiger partial charge in [0.15, 0.2) is 5.66 Å². The number of ether oxygens (including phenoxy) is 1. The number of nitrogens with two attached hydrogens (primary N) is 1. The summed E-state index contributed by atoms with van der Waals surface area (Å²) in [6, 6.07) is 0. The molecule has 0 radical (unpaired) electrons. The Balaban J connectivity index is 2.35. The third-order valence-corrected chi connectivity index (χ3v) is 2.59. The van der Waals surface area contributed by atoms with Crippen molar-refractivity contribution in [1.29, 1.82) is 0 Å². The number of hydrogen-bond donors (Lipinski definition) is 1. The van der Waals surface area contributed by atoms with Crippen LogP contribution in [0.4, 0.5) is 0 Å². The zero-order valence-electron chi connectivity index (χ0n) is 6.53. The van der Waals surface area contributed by atoms with Gasteiger partial charge in [-0.1, -0.05) is 0 Å². The second-order valence-electron chi connectivity index (χ2n) is 3.14. The van der Waals surface area contributed by atoms with Crippen molar-refractivity contribution in [2.75, 3.05) is 13.2 Å². The highest BCUT2D eigenvalue weighted by molar-refractivity contribution is 5.93. The van der Waals surface area contributed by atoms with E-state index in [-0.39, 0.29) is 18.5 Å². The monoisotopic (exact) mass is 170 g/mol. The summed E-state index contributed by atoms with van der Waals surface area (Å²) in [6.45, 7) is 0.544. The molecule has 5 heteroatoms. The van der Waals surface area contributed by atoms with Crippen molar-refractivity contribution in [3.63, 3.8) is 0 Å². The van der Waals surface area contributed by atoms with Gasteiger partial charge in [-0.15, -0.1) is 0 Å². The fourth-order valence-electron chi connectivity index (χ4n) is 1.83. The average molecular weight is 170 g/mol. The number of carbonyl (C=O) groups excluding carboxylic acids is 2. The number of nitrogens with zero attached hydrogens (tertiary/aromatic N) is 1. The van der Waals surface area contributed by atoms with Gasteiger partial charge in [0.2, 0.25) is 12.2 Å². The molecule has 5 nitrogen and oxygen atoms in total. The average Bonchev–Trinajstić information content (AvgIpc) is 2.51. The quantitative estimate of drug-likeness (QED) is 0.485. The molecule has 0 aromatic rings. The first-order valence-electron chi connectivity index (χ1n) is 3.85. The van der Waals surface area contributed by atoms with E-state index in [9.17, 15) is 9.59 Å². The molecule has 0 aliphatic carbocycles. The highest BCUT2D eigenvalue weighted by atomic mass is 16.5. The molecule has 0 aromatic carbocycles. The third kappa shape index (κ3) is 0.697. The zero-order valence-corrected chi connectivity index (χ0v) is 6.53. The predicted molar refractivity (Wildman–Crippen MR) is 39.1 cm³/mol. The zero-order chi connectivity index (χ0) is 8.77. The topological polar surface area (TPSA) is 72.6 Å². The first-order chi connectivity index (χ1) is 5.69. The van der Waals surface area contributed by atoms with Crippen molar-refractivity contribution in [2.45, 2.75) is 18.2 Å². The van der Waals surface area contributed by atoms with Gasteiger partial charge in [-0.25, -0.2) is 0 Å². The molecule has 2 aliphatic heterocycles. The van der Waals surface area contributed by atoms with Crippen LogP contribution in [0, 0.1) is 0 Å². The van der Waals surface area contributed by atoms with Crippen molar-refractivity contribution in [2.24, 2.45) is 5.73 Å². The number of ketones is 1. The van der Waals surface area contributed by atoms with Gasteiger partial charge in [-0.05, 0) is 6.42 Å². The summed E-state index contributed by atoms with van der Waals surface area (Å²) >= 11 is 0. The largest absolute Gasteiger partial charge is 0.366 e. The fourth-order valence-corrected chi connectivity index (χ4v) is 1.83. The maximum atomic E-state index is 11.3. The number of fused-ring (bicyclic) bond motifs is 1. The Morgan fingerprint density at radius 1 is 1.75 bits per heavy atom. The second kappa shape index (κ2) is 2.27. The lowest BCUT2D eigenvalue weighted by molar-refractivity contribution is -0.133. The lowest BCUT2D eigenvalue weighted by atomic mass is 10.0. The van der Waals surface area contributed by atoms with Crippen LogP contribution in [-0.4, -0.2) is 42.0 Å². The highest BCUT2D eigenvalue weighted by Gasteiger charge is 2.56. The Bertz CT molecular complexity index is 243. The van der Waals surface area contributed by atoms with Gasteiger partial charge in [0.25, 0.3) is 0 Å². The van der Waals surface area contributed by atoms with Crippen LogP contribution in [0.1, 0.15) is 6.42 Å². The molecule has 2 N–H and O–H groups in total. The van der Waals surface area contributed by atoms with Crippen LogP contribution in [0.25, 0.3) is 0 Å². The molecule has 0 spiro atoms. The molecule has 0 unspecified atom stereocenters. The van der Waals surface area contributed by atoms with Crippen molar-refractivity contribution in [3.8, 4) is 0 Å². The summed E-state index contributed by atoms with van der Waals surface area (Å²) in [5.41, 5.74) is 4.62. The summed E-state index contributed by atoms with van der Waals surface area (Å²) in [5, 5.41) is 0. The minimum absolute atomic E-state index is 0.0332. The Kier molecular flexibility index (Phi) is 1.46. The highest BCUT2D eigenvalue weighted by Crippen LogP contribution is 2.31. The van der Waals surface area contributed by atoms with Crippen molar-refractivity contribution < 1.29 is 14.3 Å². The van der Waals surface area contributed by atoms with Gasteiger partial charge in [0.05, 0.1) is 0 Å². The van der Waals surface area contributed by atoms with Crippen LogP contribution < -0.4 is 5.73 Å². The van der Waals surface area contributed by atoms with E-state index in [4.69, 9.17) is 10.5 Å². The first kappa shape index (κ1) is 7.70. The molecule has 0 saturated carbocycles. The normalized spacial score (nSPS) is 40.2. The molecular weight excluding hydrogens is 160 g/mol. The van der Waals surface area contributed by atoms with Crippen molar-refractivity contribution in [3.05, 3.63) is 0 Å². The smallest absolute Gasteiger partial charge is 0.211 e. The second-order valence-corrected chi connectivity index (χ2v) is 3.14. The van der Waals surface area contributed by atoms with Gasteiger partial charge in [0, 0.05) is 6.54 Å². The van der Waals surface area contributed by atoms with E-state index in [0.717, 1.165) is 0 Å². The van der Waals surface area contributed by atoms with Crippen molar-refractivity contribution >= 4 is 12.2 Å². The third-order valence-electron chi connectivity index (χ3n) is 2.59. The maximum Gasteiger partial charge on any atom is 0.211 e. The van der Waals surface area contributed by atoms with E-state index in [2.05, 4.69) is 0 Å². The van der Waals surface area contributed by atoms with Gasteiger partial charge in [-0.2, -0.15) is 0 Å². The van der Waals surface area contributed by atoms with Crippen LogP contribution in [0.3, 0.4) is 0 Å². The molecule has 1 amide bonds. The SMILES string of the molecule is N[C@@]12C(=O)CO[C@@H]1CCN2C=O. The van der Waals surface area contributed by atoms with Gasteiger partial charge in [-0.3, -0.25) is 15.3 Å². The summed E-state index contributed by atoms with van der Waals surface area (Å²) in [5.74, 6) is -0.197. The van der Waals surface area contributed by atoms with Crippen LogP contribution in [0.15, 0.2) is 0 Å². The van der Waals surface area contributed by atoms with Gasteiger partial charge >= 0.3 is 0 Å². The Morgan fingerprint density at radius 2 is 2.50 bits per heavy atom. The minimum Gasteiger partial charge on any atom is -0.366 e. The standard InChI is InChI=1S/C7H10N2O3/c8-7-5(11)3-12-6(7)1-2-9(7)4-10/h4,6H,1-3,8H2/t6-,7-/m1/s1. The Hall–Kier alpha value is -0.940. The molecular formula is C7H10N2O3. The molecule has 2 heterocycles. The lowest BCUT2D eigenvalue weighted by Crippen LogP contribution is -2.60. The number of Topliss-reactive ketones (excluding diaryl/α,β-unsaturated/α-hetero) is 1. The lowest BCUT2D eigenvalue weighted by Gasteiger charge is -2.27. The minimum atomic E-state index is -1.16. The number of likely N-dealkylation sites (tertiary alicyclic amines) is 1. The van der Waals surface area contributed by atoms with Gasteiger partial charge in [0.1, 0.15) is 12.7 Å². The van der Waals surface area contributed by atoms with Crippen LogP contribution in [0.5, 0.6) is 0 Å². The molecule has 2 rings (SSSR count). The summed E-state index contributed by atoms with van der Waals surface area (Å²) in [4.78, 5) is 23.2. The molecule has 0 bridgehead atoms. The molecule has 2 fully saturated rings. The molecule has 0 aromatic heterocycles. The number of amides is 1. The van der Waals surface area contributed by atoms with Gasteiger partial charge < -0.3 is 9.64 Å². The molecule has 66 valence electrons. The van der Waals surface area contributed by atoms with Crippen LogP contribution in [0.2, 0.25) is 0 Å². The van der Waals surface area contributed by atoms with E-state index >= 15 is 0 Å². The molecule has 2 saturated heterocycles. The first-order valence-corrected chi connectivity index (χ1v) is 3.85. The van der Waals surface area contributed by atoms with E-state index in [1.807, 2.05) is 0 Å². The fraction of sp³-hybridized carbons (Fsp3) is 0.714. The van der Waals surface area contributed by atoms with Crippen LogP contribution >= 0.6 is 0 Å². The predicted octanol–water partition coefficient (Wildman–Crippen LogP) is -1.53. The summed E-state index contributed by atoms with van der Waals surface area (Å²) in [7, 11) is 0. The number of carbonyl (C=O) groups is 2. The Labute approximate surface area is 69.5 Å². The molecule has 2 atom stereocenters. The van der Waals surface area contributed by atoms with Crippen molar-refractivity contribution in [1.82, 2.24) is 4.90 Å². The van der Waals surface area contributed by atoms with E-state index in [1.54, 1.807) is 0 Å². The summed E-state index contributed by atoms with van der Waals surface area (Å²) < 4.78 is 5.15. The van der Waals surface area contributed by atoms with E-state index in [1.165, 1.54) is 4.90 Å². The number of rotatable bonds is 1. The Morgan fingerprint density at radius 3 is 3.17 bits per heavy atom. The maximum absolute atomic E-state index is 11.3. The van der Waals surface area contributed by atoms with E-state index < -0.39 is 5.66 Å². The molecule has 2 aliphatic rings. The summed E-state index contributed by atoms with van der Waals surface area (Å²) in [6.07, 6.45) is 0.975. The molecule has 12 heavy (non-hydrogen) atoms.